The molecular formula is C14H12N2O4Zn. The molecule has 7 heteroatoms. The molecule has 0 unspecified atom stereocenters. The van der Waals surface area contributed by atoms with E-state index in [1.165, 1.54) is 11.0 Å². The van der Waals surface area contributed by atoms with Crippen LogP contribution in [0.4, 0.5) is 0 Å². The van der Waals surface area contributed by atoms with Gasteiger partial charge in [0.05, 0.1) is 0 Å². The van der Waals surface area contributed by atoms with E-state index in [9.17, 15) is 20.0 Å². The Morgan fingerprint density at radius 2 is 0.952 bits per heavy atom. The molecule has 0 aliphatic rings. The predicted octanol–water partition coefficient (Wildman–Crippen LogP) is 1.83. The Hall–Kier alpha value is -2.08. The molecule has 0 saturated heterocycles. The summed E-state index contributed by atoms with van der Waals surface area (Å²) in [4.78, 5) is 21.2. The van der Waals surface area contributed by atoms with E-state index in [1.807, 2.05) is 0 Å². The van der Waals surface area contributed by atoms with Gasteiger partial charge in [-0.1, -0.05) is 36.4 Å². The number of carbonyl (C=O) groups excluding carboxylic acids is 2. The molecular weight excluding hydrogens is 326 g/mol. The van der Waals surface area contributed by atoms with E-state index < -0.39 is 11.8 Å². The first-order valence-electron chi connectivity index (χ1n) is 5.64. The maximum atomic E-state index is 10.6. The van der Waals surface area contributed by atoms with E-state index in [0.717, 1.165) is 0 Å². The van der Waals surface area contributed by atoms with E-state index >= 15 is 0 Å². The SMILES string of the molecule is O=C(N[O-])c1ccccc1.O=C(N[O-])c1ccccc1.[Zn+2]. The summed E-state index contributed by atoms with van der Waals surface area (Å²) in [5.74, 6) is -1.19. The summed E-state index contributed by atoms with van der Waals surface area (Å²) in [6.45, 7) is 0. The van der Waals surface area contributed by atoms with Gasteiger partial charge >= 0.3 is 19.5 Å². The molecule has 104 valence electrons. The van der Waals surface area contributed by atoms with Crippen molar-refractivity contribution in [1.82, 2.24) is 11.0 Å². The predicted molar refractivity (Wildman–Crippen MR) is 74.6 cm³/mol. The van der Waals surface area contributed by atoms with Crippen LogP contribution in [0.3, 0.4) is 0 Å². The largest absolute Gasteiger partial charge is 2.00 e. The van der Waals surface area contributed by atoms with Gasteiger partial charge in [0.1, 0.15) is 0 Å². The molecule has 2 N–H and O–H groups in total. The zero-order valence-electron chi connectivity index (χ0n) is 11.1. The molecule has 0 radical (unpaired) electrons. The van der Waals surface area contributed by atoms with Crippen molar-refractivity contribution in [3.05, 3.63) is 82.2 Å². The van der Waals surface area contributed by atoms with Gasteiger partial charge in [-0.05, 0) is 24.3 Å². The molecule has 2 aromatic rings. The quantitative estimate of drug-likeness (QED) is 0.644. The van der Waals surface area contributed by atoms with Crippen molar-refractivity contribution in [2.45, 2.75) is 0 Å². The summed E-state index contributed by atoms with van der Waals surface area (Å²) in [6.07, 6.45) is 0. The molecule has 0 atom stereocenters. The van der Waals surface area contributed by atoms with Gasteiger partial charge in [0.15, 0.2) is 0 Å². The van der Waals surface area contributed by atoms with E-state index in [4.69, 9.17) is 0 Å². The molecule has 0 fully saturated rings. The Morgan fingerprint density at radius 3 is 1.19 bits per heavy atom. The first kappa shape index (κ1) is 18.9. The third kappa shape index (κ3) is 6.76. The Bertz CT molecular complexity index is 498. The summed E-state index contributed by atoms with van der Waals surface area (Å²) in [5.41, 5.74) is 3.36. The Kier molecular flexibility index (Phi) is 9.62. The van der Waals surface area contributed by atoms with Crippen LogP contribution >= 0.6 is 0 Å². The number of rotatable bonds is 2. The average molecular weight is 338 g/mol. The molecule has 0 aromatic heterocycles. The minimum absolute atomic E-state index is 0. The van der Waals surface area contributed by atoms with Crippen molar-refractivity contribution in [2.24, 2.45) is 0 Å². The van der Waals surface area contributed by atoms with Crippen LogP contribution in [-0.2, 0) is 19.5 Å². The molecule has 2 rings (SSSR count). The van der Waals surface area contributed by atoms with Gasteiger partial charge in [0.25, 0.3) is 0 Å². The minimum atomic E-state index is -0.597. The molecule has 0 aliphatic heterocycles. The third-order valence-corrected chi connectivity index (χ3v) is 2.26. The van der Waals surface area contributed by atoms with E-state index in [1.54, 1.807) is 60.7 Å². The van der Waals surface area contributed by atoms with Gasteiger partial charge in [0, 0.05) is 11.1 Å². The molecule has 0 spiro atoms. The van der Waals surface area contributed by atoms with E-state index in [-0.39, 0.29) is 19.5 Å². The fourth-order valence-corrected chi connectivity index (χ4v) is 1.30. The van der Waals surface area contributed by atoms with E-state index in [0.29, 0.717) is 11.1 Å². The fraction of sp³-hybridized carbons (Fsp3) is 0. The maximum Gasteiger partial charge on any atom is 2.00 e. The Morgan fingerprint density at radius 1 is 0.667 bits per heavy atom. The summed E-state index contributed by atoms with van der Waals surface area (Å²) in [7, 11) is 0. The van der Waals surface area contributed by atoms with Crippen molar-refractivity contribution in [2.75, 3.05) is 0 Å². The minimum Gasteiger partial charge on any atom is -0.759 e. The van der Waals surface area contributed by atoms with Crippen LogP contribution in [0.25, 0.3) is 0 Å². The van der Waals surface area contributed by atoms with Gasteiger partial charge < -0.3 is 21.4 Å². The van der Waals surface area contributed by atoms with Crippen LogP contribution in [0.1, 0.15) is 20.7 Å². The standard InChI is InChI=1S/2C7H6NO2.Zn/c2*9-7(8-10)6-4-2-1-3-5-6;/h2*1-5H,(H-,8,9,10);/q2*-1;+2. The average Bonchev–Trinajstić information content (AvgIpc) is 2.55. The molecule has 0 bridgehead atoms. The second kappa shape index (κ2) is 10.7. The van der Waals surface area contributed by atoms with Gasteiger partial charge in [0.2, 0.25) is 11.8 Å². The van der Waals surface area contributed by atoms with Crippen LogP contribution in [0.5, 0.6) is 0 Å². The molecule has 21 heavy (non-hydrogen) atoms. The van der Waals surface area contributed by atoms with Crippen LogP contribution in [0, 0.1) is 10.4 Å². The number of benzene rings is 2. The number of carbonyl (C=O) groups is 2. The normalized spacial score (nSPS) is 8.48. The number of hydroxylamine groups is 2. The molecule has 0 saturated carbocycles. The Labute approximate surface area is 134 Å². The monoisotopic (exact) mass is 336 g/mol. The van der Waals surface area contributed by atoms with Crippen LogP contribution in [0.15, 0.2) is 60.7 Å². The number of nitrogens with one attached hydrogen (secondary N) is 2. The summed E-state index contributed by atoms with van der Waals surface area (Å²) >= 11 is 0. The number of amides is 2. The van der Waals surface area contributed by atoms with Crippen molar-refractivity contribution in [3.63, 3.8) is 0 Å². The summed E-state index contributed by atoms with van der Waals surface area (Å²) < 4.78 is 0. The molecule has 2 amide bonds. The fourth-order valence-electron chi connectivity index (χ4n) is 1.30. The van der Waals surface area contributed by atoms with Crippen molar-refractivity contribution in [3.8, 4) is 0 Å². The molecule has 6 nitrogen and oxygen atoms in total. The number of hydrogen-bond donors (Lipinski definition) is 2. The topological polar surface area (TPSA) is 104 Å². The van der Waals surface area contributed by atoms with Crippen molar-refractivity contribution < 1.29 is 29.1 Å². The van der Waals surface area contributed by atoms with Gasteiger partial charge in [-0.25, -0.2) is 0 Å². The smallest absolute Gasteiger partial charge is 0.759 e. The molecule has 0 heterocycles. The zero-order valence-corrected chi connectivity index (χ0v) is 14.1. The molecule has 0 aliphatic carbocycles. The second-order valence-corrected chi connectivity index (χ2v) is 3.59. The third-order valence-electron chi connectivity index (χ3n) is 2.26. The zero-order chi connectivity index (χ0) is 14.8. The summed E-state index contributed by atoms with van der Waals surface area (Å²) in [6, 6.07) is 16.7. The van der Waals surface area contributed by atoms with Gasteiger partial charge in [-0.3, -0.25) is 9.59 Å². The first-order valence-corrected chi connectivity index (χ1v) is 5.64. The van der Waals surface area contributed by atoms with Crippen LogP contribution in [0.2, 0.25) is 0 Å². The van der Waals surface area contributed by atoms with Crippen molar-refractivity contribution >= 4 is 11.8 Å². The molecule has 2 aromatic carbocycles. The Balaban J connectivity index is 0.000000364. The van der Waals surface area contributed by atoms with Crippen LogP contribution in [-0.4, -0.2) is 11.8 Å². The van der Waals surface area contributed by atoms with Crippen LogP contribution < -0.4 is 11.0 Å². The van der Waals surface area contributed by atoms with Gasteiger partial charge in [-0.2, -0.15) is 0 Å². The number of hydrogen-bond acceptors (Lipinski definition) is 4. The van der Waals surface area contributed by atoms with Gasteiger partial charge in [-0.15, -0.1) is 0 Å². The maximum absolute atomic E-state index is 10.6. The van der Waals surface area contributed by atoms with Crippen molar-refractivity contribution in [1.29, 1.82) is 0 Å². The second-order valence-electron chi connectivity index (χ2n) is 3.59. The van der Waals surface area contributed by atoms with E-state index in [2.05, 4.69) is 0 Å². The summed E-state index contributed by atoms with van der Waals surface area (Å²) in [5, 5.41) is 19.7. The first-order chi connectivity index (χ1) is 9.69.